The predicted molar refractivity (Wildman–Crippen MR) is 154 cm³/mol. The second-order valence-corrected chi connectivity index (χ2v) is 11.5. The lowest BCUT2D eigenvalue weighted by Gasteiger charge is -2.37. The van der Waals surface area contributed by atoms with Gasteiger partial charge in [-0.15, -0.1) is 0 Å². The molecule has 4 aromatic rings. The normalized spacial score (nSPS) is 15.7. The molecule has 196 valence electrons. The number of anilines is 5. The molecule has 2 aliphatic rings. The Morgan fingerprint density at radius 2 is 1.76 bits per heavy atom. The minimum absolute atomic E-state index is 0.355. The van der Waals surface area contributed by atoms with Crippen LogP contribution >= 0.6 is 11.8 Å². The van der Waals surface area contributed by atoms with Gasteiger partial charge in [-0.3, -0.25) is 9.29 Å². The van der Waals surface area contributed by atoms with Crippen molar-refractivity contribution >= 4 is 61.4 Å². The molecule has 1 saturated heterocycles. The fourth-order valence-electron chi connectivity index (χ4n) is 5.15. The van der Waals surface area contributed by atoms with E-state index in [2.05, 4.69) is 49.4 Å². The molecular formula is C26H28N8O2S2. The Kier molecular flexibility index (Phi) is 6.46. The van der Waals surface area contributed by atoms with Gasteiger partial charge < -0.3 is 15.1 Å². The highest BCUT2D eigenvalue weighted by Crippen LogP contribution is 2.33. The Hall–Kier alpha value is -3.61. The molecule has 0 unspecified atom stereocenters. The maximum absolute atomic E-state index is 11.8. The summed E-state index contributed by atoms with van der Waals surface area (Å²) in [5.74, 6) is 1.58. The van der Waals surface area contributed by atoms with E-state index in [9.17, 15) is 8.42 Å². The van der Waals surface area contributed by atoms with Crippen molar-refractivity contribution in [2.24, 2.45) is 5.14 Å². The molecule has 2 aliphatic heterocycles. The molecule has 0 spiro atoms. The molecular weight excluding hydrogens is 520 g/mol. The van der Waals surface area contributed by atoms with Crippen LogP contribution in [0.25, 0.3) is 10.8 Å². The molecule has 2 aromatic heterocycles. The van der Waals surface area contributed by atoms with Crippen molar-refractivity contribution in [2.45, 2.75) is 11.6 Å². The predicted octanol–water partition coefficient (Wildman–Crippen LogP) is 3.38. The second kappa shape index (κ2) is 9.93. The standard InChI is InChI=1S/C26H28N8O2S2/c1-37-26-30-24(29-20-5-6-22-18(15-20)8-10-34(22)38(27,35)36)16-25(31-26)33-13-11-32(12-14-33)23-4-2-3-19-17-28-9-7-21(19)23/h2-7,9,15-17H,8,10-14H2,1H3,(H2,27,35,36)(H,29,30,31). The van der Waals surface area contributed by atoms with Crippen molar-refractivity contribution < 1.29 is 8.42 Å². The third-order valence-electron chi connectivity index (χ3n) is 6.99. The summed E-state index contributed by atoms with van der Waals surface area (Å²) in [6.45, 7) is 3.80. The summed E-state index contributed by atoms with van der Waals surface area (Å²) in [5.41, 5.74) is 3.64. The van der Waals surface area contributed by atoms with Crippen LogP contribution in [0.2, 0.25) is 0 Å². The number of piperazine rings is 1. The Bertz CT molecular complexity index is 1600. The third kappa shape index (κ3) is 4.82. The van der Waals surface area contributed by atoms with Crippen LogP contribution < -0.4 is 24.6 Å². The maximum Gasteiger partial charge on any atom is 0.299 e. The molecule has 38 heavy (non-hydrogen) atoms. The Balaban J connectivity index is 1.19. The zero-order valence-corrected chi connectivity index (χ0v) is 22.5. The monoisotopic (exact) mass is 548 g/mol. The van der Waals surface area contributed by atoms with Crippen molar-refractivity contribution in [3.05, 3.63) is 66.5 Å². The first-order valence-corrected chi connectivity index (χ1v) is 15.1. The average molecular weight is 549 g/mol. The first kappa shape index (κ1) is 24.7. The Morgan fingerprint density at radius 1 is 0.947 bits per heavy atom. The van der Waals surface area contributed by atoms with Crippen LogP contribution in [-0.2, 0) is 16.6 Å². The van der Waals surface area contributed by atoms with Crippen molar-refractivity contribution in [1.82, 2.24) is 15.0 Å². The molecule has 3 N–H and O–H groups in total. The fraction of sp³-hybridized carbons (Fsp3) is 0.269. The molecule has 1 fully saturated rings. The smallest absolute Gasteiger partial charge is 0.299 e. The van der Waals surface area contributed by atoms with Gasteiger partial charge in [0.25, 0.3) is 10.2 Å². The van der Waals surface area contributed by atoms with E-state index in [1.54, 1.807) is 6.07 Å². The van der Waals surface area contributed by atoms with E-state index < -0.39 is 10.2 Å². The van der Waals surface area contributed by atoms with Gasteiger partial charge in [0, 0.05) is 73.3 Å². The van der Waals surface area contributed by atoms with Crippen molar-refractivity contribution in [3.8, 4) is 0 Å². The molecule has 0 amide bonds. The number of aromatic nitrogens is 3. The molecule has 0 saturated carbocycles. The summed E-state index contributed by atoms with van der Waals surface area (Å²) in [6, 6.07) is 16.0. The number of nitrogens with zero attached hydrogens (tertiary/aromatic N) is 6. The van der Waals surface area contributed by atoms with Crippen LogP contribution in [0.1, 0.15) is 5.56 Å². The highest BCUT2D eigenvalue weighted by molar-refractivity contribution is 7.98. The number of benzene rings is 2. The Morgan fingerprint density at radius 3 is 2.55 bits per heavy atom. The summed E-state index contributed by atoms with van der Waals surface area (Å²) >= 11 is 1.50. The first-order chi connectivity index (χ1) is 18.4. The van der Waals surface area contributed by atoms with Crippen LogP contribution in [0, 0.1) is 0 Å². The van der Waals surface area contributed by atoms with E-state index in [1.807, 2.05) is 36.8 Å². The first-order valence-electron chi connectivity index (χ1n) is 12.4. The van der Waals surface area contributed by atoms with Gasteiger partial charge in [0.15, 0.2) is 5.16 Å². The molecule has 0 radical (unpaired) electrons. The van der Waals surface area contributed by atoms with Gasteiger partial charge in [-0.2, -0.15) is 8.42 Å². The molecule has 10 nitrogen and oxygen atoms in total. The summed E-state index contributed by atoms with van der Waals surface area (Å²) in [6.07, 6.45) is 6.33. The minimum Gasteiger partial charge on any atom is -0.367 e. The van der Waals surface area contributed by atoms with Crippen molar-refractivity contribution in [1.29, 1.82) is 0 Å². The number of nitrogens with one attached hydrogen (secondary N) is 1. The zero-order valence-electron chi connectivity index (χ0n) is 20.9. The summed E-state index contributed by atoms with van der Waals surface area (Å²) in [5, 5.41) is 11.8. The van der Waals surface area contributed by atoms with Crippen LogP contribution in [0.15, 0.2) is 66.1 Å². The lowest BCUT2D eigenvalue weighted by atomic mass is 10.1. The van der Waals surface area contributed by atoms with E-state index in [0.717, 1.165) is 48.6 Å². The van der Waals surface area contributed by atoms with Gasteiger partial charge in [0.05, 0.1) is 5.69 Å². The van der Waals surface area contributed by atoms with Gasteiger partial charge in [0.2, 0.25) is 0 Å². The summed E-state index contributed by atoms with van der Waals surface area (Å²) in [7, 11) is -3.77. The molecule has 0 bridgehead atoms. The van der Waals surface area contributed by atoms with Gasteiger partial charge in [-0.1, -0.05) is 23.9 Å². The Labute approximate surface area is 226 Å². The second-order valence-electron chi connectivity index (χ2n) is 9.28. The molecule has 2 aromatic carbocycles. The highest BCUT2D eigenvalue weighted by atomic mass is 32.2. The van der Waals surface area contributed by atoms with Crippen LogP contribution in [0.3, 0.4) is 0 Å². The highest BCUT2D eigenvalue weighted by Gasteiger charge is 2.27. The number of rotatable bonds is 6. The number of thioether (sulfide) groups is 1. The van der Waals surface area contributed by atoms with Gasteiger partial charge in [-0.25, -0.2) is 15.1 Å². The minimum atomic E-state index is -3.77. The largest absolute Gasteiger partial charge is 0.367 e. The maximum atomic E-state index is 11.8. The average Bonchev–Trinajstić information content (AvgIpc) is 3.37. The van der Waals surface area contributed by atoms with Crippen molar-refractivity contribution in [2.75, 3.05) is 58.4 Å². The molecule has 0 aliphatic carbocycles. The van der Waals surface area contributed by atoms with Gasteiger partial charge in [0.1, 0.15) is 11.6 Å². The van der Waals surface area contributed by atoms with E-state index in [1.165, 1.54) is 27.1 Å². The summed E-state index contributed by atoms with van der Waals surface area (Å²) < 4.78 is 24.9. The number of fused-ring (bicyclic) bond motifs is 2. The molecule has 0 atom stereocenters. The topological polar surface area (TPSA) is 121 Å². The molecule has 4 heterocycles. The number of pyridine rings is 1. The van der Waals surface area contributed by atoms with E-state index in [-0.39, 0.29) is 0 Å². The van der Waals surface area contributed by atoms with Crippen LogP contribution in [0.4, 0.5) is 28.7 Å². The van der Waals surface area contributed by atoms with E-state index in [0.29, 0.717) is 29.6 Å². The third-order valence-corrected chi connectivity index (χ3v) is 8.53. The molecule has 6 rings (SSSR count). The van der Waals surface area contributed by atoms with Crippen molar-refractivity contribution in [3.63, 3.8) is 0 Å². The SMILES string of the molecule is CSc1nc(Nc2ccc3c(c2)CCN3S(N)(=O)=O)cc(N2CCN(c3cccc4cnccc34)CC2)n1. The molecule has 12 heteroatoms. The quantitative estimate of drug-likeness (QED) is 0.276. The van der Waals surface area contributed by atoms with Crippen LogP contribution in [-0.4, -0.2) is 62.3 Å². The van der Waals surface area contributed by atoms with Gasteiger partial charge in [-0.05, 0) is 48.6 Å². The van der Waals surface area contributed by atoms with Gasteiger partial charge >= 0.3 is 0 Å². The number of hydrogen-bond acceptors (Lipinski definition) is 9. The lowest BCUT2D eigenvalue weighted by Crippen LogP contribution is -2.47. The lowest BCUT2D eigenvalue weighted by molar-refractivity contribution is 0.594. The number of hydrogen-bond donors (Lipinski definition) is 2. The summed E-state index contributed by atoms with van der Waals surface area (Å²) in [4.78, 5) is 18.4. The number of nitrogens with two attached hydrogens (primary N) is 1. The fourth-order valence-corrected chi connectivity index (χ4v) is 6.32. The van der Waals surface area contributed by atoms with Crippen LogP contribution in [0.5, 0.6) is 0 Å². The zero-order chi connectivity index (χ0) is 26.3. The van der Waals surface area contributed by atoms with E-state index in [4.69, 9.17) is 10.1 Å². The van der Waals surface area contributed by atoms with E-state index >= 15 is 0 Å².